The van der Waals surface area contributed by atoms with Crippen molar-refractivity contribution in [3.63, 3.8) is 0 Å². The van der Waals surface area contributed by atoms with Crippen LogP contribution in [0.1, 0.15) is 18.3 Å². The van der Waals surface area contributed by atoms with Crippen molar-refractivity contribution in [1.82, 2.24) is 9.97 Å². The summed E-state index contributed by atoms with van der Waals surface area (Å²) in [4.78, 5) is 8.46. The molecule has 2 rings (SSSR count). The third kappa shape index (κ3) is 3.67. The van der Waals surface area contributed by atoms with Gasteiger partial charge in [0.05, 0.1) is 12.5 Å². The number of anilines is 2. The highest BCUT2D eigenvalue weighted by Gasteiger charge is 2.02. The van der Waals surface area contributed by atoms with Gasteiger partial charge in [-0.05, 0) is 17.7 Å². The first-order chi connectivity index (χ1) is 9.21. The summed E-state index contributed by atoms with van der Waals surface area (Å²) in [6.45, 7) is 1.98. The zero-order chi connectivity index (χ0) is 13.7. The van der Waals surface area contributed by atoms with Crippen molar-refractivity contribution in [2.45, 2.75) is 19.8 Å². The molecule has 0 unspecified atom stereocenters. The Morgan fingerprint density at radius 2 is 2.00 bits per heavy atom. The summed E-state index contributed by atoms with van der Waals surface area (Å²) in [5.41, 5.74) is 1.89. The molecule has 96 valence electrons. The van der Waals surface area contributed by atoms with Crippen LogP contribution in [0.15, 0.2) is 30.3 Å². The Kier molecular flexibility index (Phi) is 4.32. The van der Waals surface area contributed by atoms with E-state index in [4.69, 9.17) is 16.9 Å². The minimum atomic E-state index is 0.416. The van der Waals surface area contributed by atoms with E-state index < -0.39 is 0 Å². The van der Waals surface area contributed by atoms with E-state index in [1.807, 2.05) is 31.2 Å². The van der Waals surface area contributed by atoms with E-state index in [1.165, 1.54) is 0 Å². The molecule has 0 radical (unpaired) electrons. The Labute approximate surface area is 117 Å². The summed E-state index contributed by atoms with van der Waals surface area (Å²) >= 11 is 5.93. The number of hydrogen-bond acceptors (Lipinski definition) is 4. The van der Waals surface area contributed by atoms with Gasteiger partial charge in [-0.3, -0.25) is 0 Å². The Balaban J connectivity index is 2.16. The van der Waals surface area contributed by atoms with Crippen LogP contribution in [0.4, 0.5) is 11.5 Å². The SMILES string of the molecule is CCc1nc(Cl)cc(Nc2ccc(CC#N)cc2)n1. The van der Waals surface area contributed by atoms with Crippen molar-refractivity contribution in [3.8, 4) is 6.07 Å². The molecule has 2 aromatic rings. The number of nitriles is 1. The Morgan fingerprint density at radius 1 is 1.26 bits per heavy atom. The van der Waals surface area contributed by atoms with Gasteiger partial charge in [0.15, 0.2) is 0 Å². The molecule has 1 heterocycles. The van der Waals surface area contributed by atoms with Gasteiger partial charge in [-0.1, -0.05) is 30.7 Å². The molecule has 1 aromatic carbocycles. The number of nitrogens with one attached hydrogen (secondary N) is 1. The van der Waals surface area contributed by atoms with E-state index >= 15 is 0 Å². The van der Waals surface area contributed by atoms with Gasteiger partial charge in [-0.15, -0.1) is 0 Å². The molecule has 0 fully saturated rings. The Morgan fingerprint density at radius 3 is 2.63 bits per heavy atom. The second-order valence-corrected chi connectivity index (χ2v) is 4.39. The van der Waals surface area contributed by atoms with Crippen LogP contribution < -0.4 is 5.32 Å². The number of rotatable bonds is 4. The van der Waals surface area contributed by atoms with E-state index in [2.05, 4.69) is 21.4 Å². The zero-order valence-electron chi connectivity index (χ0n) is 10.5. The van der Waals surface area contributed by atoms with Crippen LogP contribution in [0.3, 0.4) is 0 Å². The summed E-state index contributed by atoms with van der Waals surface area (Å²) in [6.07, 6.45) is 1.15. The molecule has 1 N–H and O–H groups in total. The van der Waals surface area contributed by atoms with Gasteiger partial charge in [0, 0.05) is 18.2 Å². The number of halogens is 1. The predicted molar refractivity (Wildman–Crippen MR) is 75.5 cm³/mol. The topological polar surface area (TPSA) is 61.6 Å². The number of benzene rings is 1. The fourth-order valence-electron chi connectivity index (χ4n) is 1.63. The molecule has 0 amide bonds. The molecule has 0 aliphatic heterocycles. The van der Waals surface area contributed by atoms with Crippen molar-refractivity contribution in [2.24, 2.45) is 0 Å². The Hall–Kier alpha value is -2.12. The molecule has 0 spiro atoms. The maximum Gasteiger partial charge on any atom is 0.135 e. The van der Waals surface area contributed by atoms with Gasteiger partial charge in [0.25, 0.3) is 0 Å². The molecule has 0 aliphatic rings. The highest BCUT2D eigenvalue weighted by molar-refractivity contribution is 6.29. The van der Waals surface area contributed by atoms with Crippen LogP contribution in [0, 0.1) is 11.3 Å². The average Bonchev–Trinajstić information content (AvgIpc) is 2.40. The second kappa shape index (κ2) is 6.17. The highest BCUT2D eigenvalue weighted by atomic mass is 35.5. The number of nitrogens with zero attached hydrogens (tertiary/aromatic N) is 3. The summed E-state index contributed by atoms with van der Waals surface area (Å²) in [6, 6.07) is 11.4. The van der Waals surface area contributed by atoms with Gasteiger partial charge in [-0.25, -0.2) is 9.97 Å². The smallest absolute Gasteiger partial charge is 0.135 e. The van der Waals surface area contributed by atoms with E-state index in [-0.39, 0.29) is 0 Å². The van der Waals surface area contributed by atoms with E-state index in [1.54, 1.807) is 6.07 Å². The van der Waals surface area contributed by atoms with E-state index in [9.17, 15) is 0 Å². The summed E-state index contributed by atoms with van der Waals surface area (Å²) < 4.78 is 0. The van der Waals surface area contributed by atoms with Crippen molar-refractivity contribution >= 4 is 23.1 Å². The molecule has 1 aromatic heterocycles. The van der Waals surface area contributed by atoms with E-state index in [0.29, 0.717) is 23.2 Å². The van der Waals surface area contributed by atoms with Crippen LogP contribution in [-0.4, -0.2) is 9.97 Å². The van der Waals surface area contributed by atoms with Crippen molar-refractivity contribution in [2.75, 3.05) is 5.32 Å². The quantitative estimate of drug-likeness (QED) is 0.865. The standard InChI is InChI=1S/C14H13ClN4/c1-2-13-18-12(15)9-14(19-13)17-11-5-3-10(4-6-11)7-8-16/h3-6,9H,2,7H2,1H3,(H,17,18,19). The molecule has 4 nitrogen and oxygen atoms in total. The summed E-state index contributed by atoms with van der Waals surface area (Å²) in [5, 5.41) is 12.2. The van der Waals surface area contributed by atoms with E-state index in [0.717, 1.165) is 17.7 Å². The van der Waals surface area contributed by atoms with Gasteiger partial charge in [0.1, 0.15) is 16.8 Å². The average molecular weight is 273 g/mol. The predicted octanol–water partition coefficient (Wildman–Crippen LogP) is 3.50. The van der Waals surface area contributed by atoms with Gasteiger partial charge >= 0.3 is 0 Å². The van der Waals surface area contributed by atoms with Crippen LogP contribution >= 0.6 is 11.6 Å². The largest absolute Gasteiger partial charge is 0.340 e. The van der Waals surface area contributed by atoms with Crippen LogP contribution in [0.5, 0.6) is 0 Å². The molecule has 0 bridgehead atoms. The second-order valence-electron chi connectivity index (χ2n) is 4.00. The first kappa shape index (κ1) is 13.3. The highest BCUT2D eigenvalue weighted by Crippen LogP contribution is 2.18. The minimum Gasteiger partial charge on any atom is -0.340 e. The third-order valence-electron chi connectivity index (χ3n) is 2.57. The number of aromatic nitrogens is 2. The first-order valence-corrected chi connectivity index (χ1v) is 6.35. The van der Waals surface area contributed by atoms with Gasteiger partial charge < -0.3 is 5.32 Å². The van der Waals surface area contributed by atoms with Crippen LogP contribution in [0.2, 0.25) is 5.15 Å². The first-order valence-electron chi connectivity index (χ1n) is 5.97. The molecule has 0 saturated heterocycles. The minimum absolute atomic E-state index is 0.416. The third-order valence-corrected chi connectivity index (χ3v) is 2.76. The van der Waals surface area contributed by atoms with Gasteiger partial charge in [0.2, 0.25) is 0 Å². The van der Waals surface area contributed by atoms with Gasteiger partial charge in [-0.2, -0.15) is 5.26 Å². The van der Waals surface area contributed by atoms with Crippen molar-refractivity contribution in [1.29, 1.82) is 5.26 Å². The maximum atomic E-state index is 8.62. The Bertz CT molecular complexity index is 602. The van der Waals surface area contributed by atoms with Crippen LogP contribution in [0.25, 0.3) is 0 Å². The van der Waals surface area contributed by atoms with Crippen LogP contribution in [-0.2, 0) is 12.8 Å². The molecule has 5 heteroatoms. The number of hydrogen-bond donors (Lipinski definition) is 1. The lowest BCUT2D eigenvalue weighted by molar-refractivity contribution is 0.943. The molecule has 0 saturated carbocycles. The van der Waals surface area contributed by atoms with Crippen molar-refractivity contribution in [3.05, 3.63) is 46.9 Å². The lowest BCUT2D eigenvalue weighted by atomic mass is 10.1. The molecule has 0 aliphatic carbocycles. The van der Waals surface area contributed by atoms with Crippen molar-refractivity contribution < 1.29 is 0 Å². The number of aryl methyl sites for hydroxylation is 1. The lowest BCUT2D eigenvalue weighted by Gasteiger charge is -2.07. The summed E-state index contributed by atoms with van der Waals surface area (Å²) in [7, 11) is 0. The molecule has 0 atom stereocenters. The zero-order valence-corrected chi connectivity index (χ0v) is 11.3. The maximum absolute atomic E-state index is 8.62. The lowest BCUT2D eigenvalue weighted by Crippen LogP contribution is -1.99. The monoisotopic (exact) mass is 272 g/mol. The summed E-state index contributed by atoms with van der Waals surface area (Å²) in [5.74, 6) is 1.38. The molecular weight excluding hydrogens is 260 g/mol. The fourth-order valence-corrected chi connectivity index (χ4v) is 1.83. The fraction of sp³-hybridized carbons (Fsp3) is 0.214. The molecule has 19 heavy (non-hydrogen) atoms. The normalized spacial score (nSPS) is 9.95. The molecular formula is C14H13ClN4.